The van der Waals surface area contributed by atoms with Crippen molar-refractivity contribution >= 4 is 45.2 Å². The van der Waals surface area contributed by atoms with Crippen molar-refractivity contribution in [2.24, 2.45) is 0 Å². The van der Waals surface area contributed by atoms with E-state index in [0.29, 0.717) is 10.0 Å². The van der Waals surface area contributed by atoms with Crippen molar-refractivity contribution < 1.29 is 9.53 Å². The van der Waals surface area contributed by atoms with Crippen LogP contribution in [0.25, 0.3) is 0 Å². The lowest BCUT2D eigenvalue weighted by Crippen LogP contribution is -1.99. The fourth-order valence-corrected chi connectivity index (χ4v) is 4.62. The summed E-state index contributed by atoms with van der Waals surface area (Å²) in [6.07, 6.45) is 0. The summed E-state index contributed by atoms with van der Waals surface area (Å²) in [5, 5.41) is 0. The van der Waals surface area contributed by atoms with Gasteiger partial charge in [0, 0.05) is 17.1 Å². The molecule has 1 fully saturated rings. The van der Waals surface area contributed by atoms with Crippen molar-refractivity contribution in [3.8, 4) is 5.75 Å². The molecule has 17 heavy (non-hydrogen) atoms. The van der Waals surface area contributed by atoms with E-state index in [9.17, 15) is 4.79 Å². The zero-order chi connectivity index (χ0) is 12.3. The molecule has 1 heterocycles. The van der Waals surface area contributed by atoms with Crippen molar-refractivity contribution in [3.63, 3.8) is 0 Å². The van der Waals surface area contributed by atoms with Gasteiger partial charge in [0.05, 0.1) is 15.8 Å². The lowest BCUT2D eigenvalue weighted by molar-refractivity contribution is 0.104. The van der Waals surface area contributed by atoms with Crippen molar-refractivity contribution in [3.05, 3.63) is 38.5 Å². The molecule has 0 aromatic heterocycles. The number of benzene rings is 1. The molecule has 90 valence electrons. The zero-order valence-corrected chi connectivity index (χ0v) is 12.5. The highest BCUT2D eigenvalue weighted by Crippen LogP contribution is 2.41. The molecule has 0 amide bonds. The Morgan fingerprint density at radius 2 is 1.82 bits per heavy atom. The lowest BCUT2D eigenvalue weighted by Gasteiger charge is -2.04. The highest BCUT2D eigenvalue weighted by Gasteiger charge is 2.19. The van der Waals surface area contributed by atoms with Crippen LogP contribution >= 0.6 is 39.5 Å². The number of hydrogen-bond donors (Lipinski definition) is 0. The predicted octanol–water partition coefficient (Wildman–Crippen LogP) is 3.92. The first-order valence-corrected chi connectivity index (χ1v) is 7.83. The normalized spacial score (nSPS) is 14.8. The Morgan fingerprint density at radius 1 is 1.24 bits per heavy atom. The van der Waals surface area contributed by atoms with Gasteiger partial charge in [0.2, 0.25) is 5.78 Å². The summed E-state index contributed by atoms with van der Waals surface area (Å²) in [5.74, 6) is 2.94. The topological polar surface area (TPSA) is 26.3 Å². The Bertz CT molecular complexity index is 446. The zero-order valence-electron chi connectivity index (χ0n) is 9.23. The van der Waals surface area contributed by atoms with Gasteiger partial charge in [0.25, 0.3) is 0 Å². The minimum Gasteiger partial charge on any atom is -0.497 e. The summed E-state index contributed by atoms with van der Waals surface area (Å²) in [6, 6.07) is 7.17. The van der Waals surface area contributed by atoms with E-state index in [2.05, 4.69) is 15.9 Å². The van der Waals surface area contributed by atoms with Crippen LogP contribution in [0.2, 0.25) is 0 Å². The predicted molar refractivity (Wildman–Crippen MR) is 78.2 cm³/mol. The minimum atomic E-state index is 0.0320. The second-order valence-corrected chi connectivity index (χ2v) is 6.62. The maximum absolute atomic E-state index is 12.2. The number of hydrogen-bond acceptors (Lipinski definition) is 4. The van der Waals surface area contributed by atoms with Crippen molar-refractivity contribution in [1.29, 1.82) is 0 Å². The Balaban J connectivity index is 2.21. The molecule has 0 N–H and O–H groups in total. The Hall–Kier alpha value is -0.390. The summed E-state index contributed by atoms with van der Waals surface area (Å²) in [5.41, 5.74) is 0.679. The number of methoxy groups -OCH3 is 1. The molecular formula is C12H11BrO2S2. The van der Waals surface area contributed by atoms with E-state index in [0.717, 1.165) is 21.5 Å². The second kappa shape index (κ2) is 5.98. The fraction of sp³-hybridized carbons (Fsp3) is 0.250. The molecule has 2 rings (SSSR count). The van der Waals surface area contributed by atoms with Gasteiger partial charge in [-0.2, -0.15) is 0 Å². The van der Waals surface area contributed by atoms with Crippen LogP contribution in [0.15, 0.2) is 33.0 Å². The number of ether oxygens (including phenoxy) is 1. The van der Waals surface area contributed by atoms with Gasteiger partial charge in [-0.3, -0.25) is 4.79 Å². The molecule has 1 aliphatic heterocycles. The molecule has 0 atom stereocenters. The van der Waals surface area contributed by atoms with Crippen molar-refractivity contribution in [2.75, 3.05) is 18.6 Å². The third-order valence-electron chi connectivity index (χ3n) is 2.28. The van der Waals surface area contributed by atoms with Gasteiger partial charge in [-0.05, 0) is 40.2 Å². The van der Waals surface area contributed by atoms with Crippen molar-refractivity contribution in [1.82, 2.24) is 0 Å². The molecule has 0 spiro atoms. The van der Waals surface area contributed by atoms with E-state index in [4.69, 9.17) is 4.74 Å². The number of thioether (sulfide) groups is 2. The average Bonchev–Trinajstić information content (AvgIpc) is 2.91. The molecule has 0 radical (unpaired) electrons. The fourth-order valence-electron chi connectivity index (χ4n) is 1.40. The maximum atomic E-state index is 12.2. The first kappa shape index (κ1) is 13.1. The summed E-state index contributed by atoms with van der Waals surface area (Å²) in [7, 11) is 1.61. The average molecular weight is 331 g/mol. The largest absolute Gasteiger partial charge is 0.497 e. The highest BCUT2D eigenvalue weighted by molar-refractivity contribution is 9.12. The minimum absolute atomic E-state index is 0.0320. The van der Waals surface area contributed by atoms with Crippen LogP contribution in [-0.4, -0.2) is 24.4 Å². The molecular weight excluding hydrogens is 320 g/mol. The summed E-state index contributed by atoms with van der Waals surface area (Å²) < 4.78 is 6.83. The quantitative estimate of drug-likeness (QED) is 0.619. The number of Topliss-reactive ketones (excluding diaryl/α,β-unsaturated/α-hetero) is 1. The number of rotatable bonds is 3. The molecule has 2 nitrogen and oxygen atoms in total. The molecule has 0 saturated carbocycles. The van der Waals surface area contributed by atoms with E-state index in [1.54, 1.807) is 54.9 Å². The maximum Gasteiger partial charge on any atom is 0.201 e. The van der Waals surface area contributed by atoms with Gasteiger partial charge in [-0.25, -0.2) is 0 Å². The number of carbonyl (C=O) groups is 1. The number of ketones is 1. The van der Waals surface area contributed by atoms with Gasteiger partial charge in [-0.15, -0.1) is 23.5 Å². The molecule has 0 bridgehead atoms. The van der Waals surface area contributed by atoms with Crippen LogP contribution in [0.1, 0.15) is 10.4 Å². The Labute approximate surface area is 117 Å². The van der Waals surface area contributed by atoms with Crippen LogP contribution in [0.3, 0.4) is 0 Å². The summed E-state index contributed by atoms with van der Waals surface area (Å²) in [4.78, 5) is 12.2. The van der Waals surface area contributed by atoms with Crippen LogP contribution in [0, 0.1) is 0 Å². The second-order valence-electron chi connectivity index (χ2n) is 3.36. The van der Waals surface area contributed by atoms with Crippen molar-refractivity contribution in [2.45, 2.75) is 0 Å². The van der Waals surface area contributed by atoms with E-state index in [1.165, 1.54) is 0 Å². The van der Waals surface area contributed by atoms with Crippen LogP contribution < -0.4 is 4.74 Å². The molecule has 1 saturated heterocycles. The van der Waals surface area contributed by atoms with Gasteiger partial charge in [0.1, 0.15) is 5.75 Å². The lowest BCUT2D eigenvalue weighted by atomic mass is 10.1. The van der Waals surface area contributed by atoms with Gasteiger partial charge in [-0.1, -0.05) is 0 Å². The third-order valence-corrected chi connectivity index (χ3v) is 6.28. The third kappa shape index (κ3) is 3.09. The van der Waals surface area contributed by atoms with E-state index >= 15 is 0 Å². The van der Waals surface area contributed by atoms with Crippen LogP contribution in [0.5, 0.6) is 5.75 Å². The van der Waals surface area contributed by atoms with Gasteiger partial charge >= 0.3 is 0 Å². The number of carbonyl (C=O) groups excluding carboxylic acids is 1. The van der Waals surface area contributed by atoms with E-state index in [-0.39, 0.29) is 5.78 Å². The van der Waals surface area contributed by atoms with Crippen LogP contribution in [-0.2, 0) is 0 Å². The molecule has 0 unspecified atom stereocenters. The van der Waals surface area contributed by atoms with E-state index in [1.807, 2.05) is 0 Å². The Kier molecular flexibility index (Phi) is 4.59. The Morgan fingerprint density at radius 3 is 2.35 bits per heavy atom. The first-order valence-electron chi connectivity index (χ1n) is 5.06. The van der Waals surface area contributed by atoms with Crippen LogP contribution in [0.4, 0.5) is 0 Å². The molecule has 5 heteroatoms. The summed E-state index contributed by atoms with van der Waals surface area (Å²) in [6.45, 7) is 0. The number of halogens is 1. The summed E-state index contributed by atoms with van der Waals surface area (Å²) >= 11 is 6.86. The number of allylic oxidation sites excluding steroid dienone is 1. The van der Waals surface area contributed by atoms with E-state index < -0.39 is 0 Å². The molecule has 1 aromatic rings. The SMILES string of the molecule is COc1ccc(C(=O)C(Br)=C2SCCS2)cc1. The molecule has 1 aromatic carbocycles. The highest BCUT2D eigenvalue weighted by atomic mass is 79.9. The van der Waals surface area contributed by atoms with Gasteiger partial charge in [0.15, 0.2) is 0 Å². The molecule has 1 aliphatic rings. The molecule has 0 aliphatic carbocycles. The standard InChI is InChI=1S/C12H11BrO2S2/c1-15-9-4-2-8(3-5-9)11(14)10(13)12-16-6-7-17-12/h2-5H,6-7H2,1H3. The first-order chi connectivity index (χ1) is 8.22. The van der Waals surface area contributed by atoms with Gasteiger partial charge < -0.3 is 4.74 Å². The smallest absolute Gasteiger partial charge is 0.201 e. The monoisotopic (exact) mass is 330 g/mol.